The monoisotopic (exact) mass is 344 g/mol. The first-order valence-corrected chi connectivity index (χ1v) is 9.76. The number of nitrogens with zero attached hydrogens (tertiary/aromatic N) is 3. The molecule has 1 N–H and O–H groups in total. The SMILES string of the molecule is O=C(CCCc1cn[nH]c1)N1C[C@@H]2CC[C@H](C1)N(CC1CCC1)C2=O. The van der Waals surface area contributed by atoms with Crippen molar-refractivity contribution >= 4 is 11.8 Å². The molecular weight excluding hydrogens is 316 g/mol. The Morgan fingerprint density at radius 1 is 1.24 bits per heavy atom. The van der Waals surface area contributed by atoms with Crippen molar-refractivity contribution in [1.29, 1.82) is 0 Å². The van der Waals surface area contributed by atoms with Crippen LogP contribution in [0.15, 0.2) is 12.4 Å². The number of carbonyl (C=O) groups is 2. The van der Waals surface area contributed by atoms with Crippen molar-refractivity contribution in [2.24, 2.45) is 11.8 Å². The fraction of sp³-hybridized carbons (Fsp3) is 0.737. The summed E-state index contributed by atoms with van der Waals surface area (Å²) in [5.41, 5.74) is 1.14. The van der Waals surface area contributed by atoms with Crippen LogP contribution in [-0.2, 0) is 16.0 Å². The molecule has 0 unspecified atom stereocenters. The quantitative estimate of drug-likeness (QED) is 0.858. The molecule has 0 spiro atoms. The van der Waals surface area contributed by atoms with Crippen LogP contribution in [0, 0.1) is 11.8 Å². The standard InChI is InChI=1S/C19H28N4O2/c24-18(6-2-5-15-9-20-21-10-15)22-12-16-7-8-17(13-22)23(19(16)25)11-14-3-1-4-14/h9-10,14,16-17H,1-8,11-13H2,(H,20,21)/t16-,17+/m0/s1. The predicted octanol–water partition coefficient (Wildman–Crippen LogP) is 1.98. The van der Waals surface area contributed by atoms with E-state index in [9.17, 15) is 9.59 Å². The van der Waals surface area contributed by atoms with Crippen LogP contribution in [0.2, 0.25) is 0 Å². The molecule has 3 aliphatic heterocycles. The molecule has 1 aliphatic carbocycles. The summed E-state index contributed by atoms with van der Waals surface area (Å²) in [5, 5.41) is 6.74. The number of aryl methyl sites for hydroxylation is 1. The van der Waals surface area contributed by atoms with E-state index in [4.69, 9.17) is 0 Å². The fourth-order valence-electron chi connectivity index (χ4n) is 4.45. The Morgan fingerprint density at radius 2 is 2.12 bits per heavy atom. The zero-order valence-electron chi connectivity index (χ0n) is 14.8. The molecule has 25 heavy (non-hydrogen) atoms. The Hall–Kier alpha value is -1.85. The Morgan fingerprint density at radius 3 is 2.84 bits per heavy atom. The van der Waals surface area contributed by atoms with E-state index in [-0.39, 0.29) is 17.9 Å². The molecule has 2 amide bonds. The minimum absolute atomic E-state index is 0.0247. The maximum atomic E-state index is 12.8. The number of nitrogens with one attached hydrogen (secondary N) is 1. The summed E-state index contributed by atoms with van der Waals surface area (Å²) in [5.74, 6) is 1.23. The molecule has 1 aromatic rings. The van der Waals surface area contributed by atoms with Crippen LogP contribution < -0.4 is 0 Å². The topological polar surface area (TPSA) is 69.3 Å². The average Bonchev–Trinajstić information content (AvgIpc) is 2.93. The Bertz CT molecular complexity index is 611. The van der Waals surface area contributed by atoms with Crippen LogP contribution in [0.25, 0.3) is 0 Å². The Labute approximate surface area is 148 Å². The molecule has 1 aromatic heterocycles. The van der Waals surface area contributed by atoms with E-state index in [0.29, 0.717) is 24.8 Å². The highest BCUT2D eigenvalue weighted by Gasteiger charge is 2.42. The van der Waals surface area contributed by atoms with Crippen molar-refractivity contribution in [1.82, 2.24) is 20.0 Å². The normalized spacial score (nSPS) is 26.6. The van der Waals surface area contributed by atoms with E-state index >= 15 is 0 Å². The second kappa shape index (κ2) is 7.18. The number of aromatic amines is 1. The smallest absolute Gasteiger partial charge is 0.227 e. The van der Waals surface area contributed by atoms with Gasteiger partial charge in [-0.2, -0.15) is 5.10 Å². The minimum Gasteiger partial charge on any atom is -0.340 e. The maximum absolute atomic E-state index is 12.8. The first-order valence-electron chi connectivity index (χ1n) is 9.76. The van der Waals surface area contributed by atoms with Crippen LogP contribution in [0.1, 0.15) is 50.5 Å². The van der Waals surface area contributed by atoms with Gasteiger partial charge in [0.15, 0.2) is 0 Å². The highest BCUT2D eigenvalue weighted by Crippen LogP contribution is 2.34. The van der Waals surface area contributed by atoms with Gasteiger partial charge in [0, 0.05) is 38.3 Å². The van der Waals surface area contributed by atoms with Gasteiger partial charge >= 0.3 is 0 Å². The number of H-pyrrole nitrogens is 1. The van der Waals surface area contributed by atoms with Gasteiger partial charge in [-0.3, -0.25) is 14.7 Å². The van der Waals surface area contributed by atoms with E-state index in [2.05, 4.69) is 15.1 Å². The van der Waals surface area contributed by atoms with E-state index in [1.165, 1.54) is 19.3 Å². The van der Waals surface area contributed by atoms with Gasteiger partial charge in [0.2, 0.25) is 11.8 Å². The number of aromatic nitrogens is 2. The molecule has 4 aliphatic rings. The highest BCUT2D eigenvalue weighted by molar-refractivity contribution is 5.83. The van der Waals surface area contributed by atoms with Crippen molar-refractivity contribution in [3.05, 3.63) is 18.0 Å². The predicted molar refractivity (Wildman–Crippen MR) is 93.7 cm³/mol. The second-order valence-electron chi connectivity index (χ2n) is 7.97. The lowest BCUT2D eigenvalue weighted by molar-refractivity contribution is -0.141. The molecule has 0 radical (unpaired) electrons. The van der Waals surface area contributed by atoms with Crippen molar-refractivity contribution in [3.8, 4) is 0 Å². The number of hydrogen-bond donors (Lipinski definition) is 1. The number of amides is 2. The summed E-state index contributed by atoms with van der Waals surface area (Å²) in [7, 11) is 0. The third-order valence-electron chi connectivity index (χ3n) is 6.24. The molecule has 136 valence electrons. The van der Waals surface area contributed by atoms with Crippen molar-refractivity contribution in [2.75, 3.05) is 19.6 Å². The molecule has 3 saturated heterocycles. The largest absolute Gasteiger partial charge is 0.340 e. The summed E-state index contributed by atoms with van der Waals surface area (Å²) < 4.78 is 0. The third-order valence-corrected chi connectivity index (χ3v) is 6.24. The first kappa shape index (κ1) is 16.6. The number of carbonyl (C=O) groups excluding carboxylic acids is 2. The molecule has 5 rings (SSSR count). The molecular formula is C19H28N4O2. The van der Waals surface area contributed by atoms with Gasteiger partial charge in [-0.1, -0.05) is 6.42 Å². The summed E-state index contributed by atoms with van der Waals surface area (Å²) in [6.45, 7) is 2.28. The number of fused-ring (bicyclic) bond motifs is 4. The van der Waals surface area contributed by atoms with Crippen LogP contribution in [0.5, 0.6) is 0 Å². The molecule has 4 heterocycles. The second-order valence-corrected chi connectivity index (χ2v) is 7.97. The Balaban J connectivity index is 1.33. The van der Waals surface area contributed by atoms with Gasteiger partial charge in [0.05, 0.1) is 12.1 Å². The lowest BCUT2D eigenvalue weighted by Crippen LogP contribution is -2.50. The number of rotatable bonds is 6. The zero-order chi connectivity index (χ0) is 17.2. The lowest BCUT2D eigenvalue weighted by Gasteiger charge is -2.40. The van der Waals surface area contributed by atoms with E-state index in [0.717, 1.165) is 44.3 Å². The van der Waals surface area contributed by atoms with Gasteiger partial charge in [-0.25, -0.2) is 0 Å². The molecule has 2 bridgehead atoms. The maximum Gasteiger partial charge on any atom is 0.227 e. The summed E-state index contributed by atoms with van der Waals surface area (Å²) in [4.78, 5) is 29.6. The van der Waals surface area contributed by atoms with E-state index in [1.807, 2.05) is 17.3 Å². The number of hydrogen-bond acceptors (Lipinski definition) is 3. The van der Waals surface area contributed by atoms with Gasteiger partial charge in [0.25, 0.3) is 0 Å². The third kappa shape index (κ3) is 3.58. The molecule has 6 heteroatoms. The highest BCUT2D eigenvalue weighted by atomic mass is 16.2. The van der Waals surface area contributed by atoms with Crippen molar-refractivity contribution < 1.29 is 9.59 Å². The van der Waals surface area contributed by atoms with Crippen LogP contribution in [0.3, 0.4) is 0 Å². The molecule has 0 aromatic carbocycles. The van der Waals surface area contributed by atoms with E-state index < -0.39 is 0 Å². The van der Waals surface area contributed by atoms with Gasteiger partial charge in [-0.05, 0) is 50.0 Å². The van der Waals surface area contributed by atoms with Gasteiger partial charge in [-0.15, -0.1) is 0 Å². The first-order chi connectivity index (χ1) is 12.2. The van der Waals surface area contributed by atoms with Crippen LogP contribution in [0.4, 0.5) is 0 Å². The molecule has 2 atom stereocenters. The van der Waals surface area contributed by atoms with E-state index in [1.54, 1.807) is 0 Å². The summed E-state index contributed by atoms with van der Waals surface area (Å²) in [6.07, 6.45) is 11.8. The molecule has 6 nitrogen and oxygen atoms in total. The average molecular weight is 344 g/mol. The van der Waals surface area contributed by atoms with Crippen LogP contribution in [-0.4, -0.2) is 57.5 Å². The Kier molecular flexibility index (Phi) is 4.77. The lowest BCUT2D eigenvalue weighted by atomic mass is 9.83. The molecule has 4 fully saturated rings. The summed E-state index contributed by atoms with van der Waals surface area (Å²) in [6, 6.07) is 0.240. The van der Waals surface area contributed by atoms with Crippen LogP contribution >= 0.6 is 0 Å². The zero-order valence-corrected chi connectivity index (χ0v) is 14.8. The number of piperidine rings is 1. The fourth-order valence-corrected chi connectivity index (χ4v) is 4.45. The van der Waals surface area contributed by atoms with Gasteiger partial charge < -0.3 is 9.80 Å². The molecule has 1 saturated carbocycles. The van der Waals surface area contributed by atoms with Crippen molar-refractivity contribution in [3.63, 3.8) is 0 Å². The summed E-state index contributed by atoms with van der Waals surface area (Å²) >= 11 is 0. The van der Waals surface area contributed by atoms with Crippen molar-refractivity contribution in [2.45, 2.75) is 57.4 Å². The van der Waals surface area contributed by atoms with Gasteiger partial charge in [0.1, 0.15) is 0 Å². The minimum atomic E-state index is 0.0247.